The first-order valence-electron chi connectivity index (χ1n) is 6.52. The van der Waals surface area contributed by atoms with Crippen molar-refractivity contribution in [3.05, 3.63) is 29.6 Å². The number of benzene rings is 1. The zero-order valence-electron chi connectivity index (χ0n) is 10.7. The molecule has 0 bridgehead atoms. The number of thioether (sulfide) groups is 1. The summed E-state index contributed by atoms with van der Waals surface area (Å²) in [6, 6.07) is 5.15. The van der Waals surface area contributed by atoms with Gasteiger partial charge in [-0.2, -0.15) is 11.8 Å². The molecule has 2 unspecified atom stereocenters. The van der Waals surface area contributed by atoms with Crippen LogP contribution in [0.1, 0.15) is 18.9 Å². The second kappa shape index (κ2) is 4.42. The van der Waals surface area contributed by atoms with Gasteiger partial charge in [0.05, 0.1) is 5.54 Å². The minimum atomic E-state index is -0.147. The van der Waals surface area contributed by atoms with Crippen molar-refractivity contribution in [2.24, 2.45) is 5.73 Å². The van der Waals surface area contributed by atoms with Crippen LogP contribution >= 0.6 is 11.8 Å². The smallest absolute Gasteiger partial charge is 0.125 e. The van der Waals surface area contributed by atoms with E-state index in [0.29, 0.717) is 11.8 Å². The second-order valence-corrected chi connectivity index (χ2v) is 6.86. The van der Waals surface area contributed by atoms with Crippen LogP contribution in [0.4, 0.5) is 10.1 Å². The Morgan fingerprint density at radius 1 is 1.56 bits per heavy atom. The third-order valence-corrected chi connectivity index (χ3v) is 5.64. The maximum absolute atomic E-state index is 13.5. The molecule has 1 fully saturated rings. The predicted molar refractivity (Wildman–Crippen MR) is 75.8 cm³/mol. The van der Waals surface area contributed by atoms with Crippen molar-refractivity contribution < 1.29 is 4.39 Å². The molecular formula is C14H19FN2S. The molecule has 18 heavy (non-hydrogen) atoms. The normalized spacial score (nSPS) is 30.8. The van der Waals surface area contributed by atoms with Gasteiger partial charge in [0.15, 0.2) is 0 Å². The Bertz CT molecular complexity index is 465. The van der Waals surface area contributed by atoms with Crippen LogP contribution < -0.4 is 10.6 Å². The molecule has 0 radical (unpaired) electrons. The first kappa shape index (κ1) is 12.3. The molecule has 4 heteroatoms. The maximum atomic E-state index is 13.5. The van der Waals surface area contributed by atoms with Crippen LogP contribution in [-0.2, 0) is 6.42 Å². The topological polar surface area (TPSA) is 29.3 Å². The molecule has 2 aliphatic heterocycles. The fourth-order valence-corrected chi connectivity index (χ4v) is 4.65. The molecule has 3 rings (SSSR count). The Morgan fingerprint density at radius 2 is 2.39 bits per heavy atom. The monoisotopic (exact) mass is 266 g/mol. The quantitative estimate of drug-likeness (QED) is 0.891. The number of nitrogens with zero attached hydrogens (tertiary/aromatic N) is 1. The van der Waals surface area contributed by atoms with Crippen LogP contribution in [0.15, 0.2) is 18.2 Å². The summed E-state index contributed by atoms with van der Waals surface area (Å²) in [5.41, 5.74) is 8.41. The van der Waals surface area contributed by atoms with Gasteiger partial charge in [0.1, 0.15) is 5.82 Å². The van der Waals surface area contributed by atoms with E-state index < -0.39 is 0 Å². The van der Waals surface area contributed by atoms with E-state index in [2.05, 4.69) is 11.8 Å². The van der Waals surface area contributed by atoms with Gasteiger partial charge in [-0.3, -0.25) is 0 Å². The Hall–Kier alpha value is -0.740. The first-order chi connectivity index (χ1) is 8.64. The fraction of sp³-hybridized carbons (Fsp3) is 0.571. The van der Waals surface area contributed by atoms with Gasteiger partial charge in [0.2, 0.25) is 0 Å². The van der Waals surface area contributed by atoms with E-state index in [1.165, 1.54) is 5.56 Å². The molecule has 0 amide bonds. The summed E-state index contributed by atoms with van der Waals surface area (Å²) in [4.78, 5) is 2.36. The van der Waals surface area contributed by atoms with E-state index in [1.807, 2.05) is 17.8 Å². The summed E-state index contributed by atoms with van der Waals surface area (Å²) >= 11 is 1.98. The molecule has 1 aromatic rings. The minimum absolute atomic E-state index is 0.0309. The average Bonchev–Trinajstić information content (AvgIpc) is 2.93. The Kier molecular flexibility index (Phi) is 3.02. The Morgan fingerprint density at radius 3 is 3.06 bits per heavy atom. The van der Waals surface area contributed by atoms with Gasteiger partial charge >= 0.3 is 0 Å². The van der Waals surface area contributed by atoms with E-state index in [1.54, 1.807) is 12.1 Å². The number of rotatable bonds is 2. The van der Waals surface area contributed by atoms with Gasteiger partial charge in [-0.15, -0.1) is 0 Å². The SMILES string of the molecule is CC1CC(CN)(N2CCc3ccc(F)cc32)CS1. The van der Waals surface area contributed by atoms with Crippen LogP contribution in [0.3, 0.4) is 0 Å². The largest absolute Gasteiger partial charge is 0.363 e. The standard InChI is InChI=1S/C14H19FN2S/c1-10-7-14(8-16,9-18-10)17-5-4-11-2-3-12(15)6-13(11)17/h2-3,6,10H,4-5,7-9,16H2,1H3. The number of nitrogens with two attached hydrogens (primary N) is 1. The lowest BCUT2D eigenvalue weighted by molar-refractivity contribution is 0.433. The maximum Gasteiger partial charge on any atom is 0.125 e. The summed E-state index contributed by atoms with van der Waals surface area (Å²) < 4.78 is 13.5. The zero-order valence-corrected chi connectivity index (χ0v) is 11.5. The Balaban J connectivity index is 1.97. The van der Waals surface area contributed by atoms with E-state index in [9.17, 15) is 4.39 Å². The minimum Gasteiger partial charge on any atom is -0.363 e. The third kappa shape index (κ3) is 1.82. The molecule has 2 atom stereocenters. The van der Waals surface area contributed by atoms with Gasteiger partial charge in [0.25, 0.3) is 0 Å². The molecule has 1 aromatic carbocycles. The summed E-state index contributed by atoms with van der Waals surface area (Å²) in [6.07, 6.45) is 2.11. The highest BCUT2D eigenvalue weighted by Gasteiger charge is 2.44. The third-order valence-electron chi connectivity index (χ3n) is 4.20. The molecule has 2 N–H and O–H groups in total. The molecule has 0 spiro atoms. The van der Waals surface area contributed by atoms with Crippen molar-refractivity contribution in [2.75, 3.05) is 23.7 Å². The van der Waals surface area contributed by atoms with Crippen molar-refractivity contribution in [3.63, 3.8) is 0 Å². The molecule has 2 aliphatic rings. The van der Waals surface area contributed by atoms with Crippen LogP contribution in [0, 0.1) is 5.82 Å². The van der Waals surface area contributed by atoms with Gasteiger partial charge in [-0.05, 0) is 30.5 Å². The molecule has 0 aromatic heterocycles. The Labute approximate surface area is 112 Å². The van der Waals surface area contributed by atoms with Crippen molar-refractivity contribution in [2.45, 2.75) is 30.6 Å². The lowest BCUT2D eigenvalue weighted by atomic mass is 9.94. The molecular weight excluding hydrogens is 247 g/mol. The number of anilines is 1. The average molecular weight is 266 g/mol. The van der Waals surface area contributed by atoms with E-state index >= 15 is 0 Å². The number of hydrogen-bond donors (Lipinski definition) is 1. The first-order valence-corrected chi connectivity index (χ1v) is 7.57. The molecule has 2 nitrogen and oxygen atoms in total. The van der Waals surface area contributed by atoms with Crippen LogP contribution in [0.5, 0.6) is 0 Å². The highest BCUT2D eigenvalue weighted by atomic mass is 32.2. The van der Waals surface area contributed by atoms with Crippen molar-refractivity contribution in [1.82, 2.24) is 0 Å². The van der Waals surface area contributed by atoms with Crippen LogP contribution in [0.25, 0.3) is 0 Å². The molecule has 1 saturated heterocycles. The van der Waals surface area contributed by atoms with Gasteiger partial charge in [-0.25, -0.2) is 4.39 Å². The van der Waals surface area contributed by atoms with E-state index in [-0.39, 0.29) is 11.4 Å². The highest BCUT2D eigenvalue weighted by molar-refractivity contribution is 8.00. The lowest BCUT2D eigenvalue weighted by Crippen LogP contribution is -2.54. The summed E-state index contributed by atoms with van der Waals surface area (Å²) in [7, 11) is 0. The van der Waals surface area contributed by atoms with Crippen LogP contribution in [0.2, 0.25) is 0 Å². The molecule has 2 heterocycles. The zero-order chi connectivity index (χ0) is 12.8. The second-order valence-electron chi connectivity index (χ2n) is 5.43. The summed E-state index contributed by atoms with van der Waals surface area (Å²) in [5, 5.41) is 0.645. The van der Waals surface area contributed by atoms with Gasteiger partial charge in [-0.1, -0.05) is 13.0 Å². The predicted octanol–water partition coefficient (Wildman–Crippen LogP) is 2.41. The van der Waals surface area contributed by atoms with Crippen molar-refractivity contribution >= 4 is 17.4 Å². The lowest BCUT2D eigenvalue weighted by Gasteiger charge is -2.39. The molecule has 0 aliphatic carbocycles. The number of hydrogen-bond acceptors (Lipinski definition) is 3. The van der Waals surface area contributed by atoms with Gasteiger partial charge < -0.3 is 10.6 Å². The molecule has 0 saturated carbocycles. The fourth-order valence-electron chi connectivity index (χ4n) is 3.24. The number of fused-ring (bicyclic) bond motifs is 1. The van der Waals surface area contributed by atoms with Crippen molar-refractivity contribution in [3.8, 4) is 0 Å². The number of halogens is 1. The summed E-state index contributed by atoms with van der Waals surface area (Å²) in [6.45, 7) is 3.88. The van der Waals surface area contributed by atoms with E-state index in [0.717, 1.165) is 30.8 Å². The highest BCUT2D eigenvalue weighted by Crippen LogP contribution is 2.43. The van der Waals surface area contributed by atoms with Crippen molar-refractivity contribution in [1.29, 1.82) is 0 Å². The summed E-state index contributed by atoms with van der Waals surface area (Å²) in [5.74, 6) is 0.909. The molecule has 98 valence electrons. The van der Waals surface area contributed by atoms with E-state index in [4.69, 9.17) is 5.73 Å². The van der Waals surface area contributed by atoms with Gasteiger partial charge in [0, 0.05) is 29.8 Å². The van der Waals surface area contributed by atoms with Crippen LogP contribution in [-0.4, -0.2) is 29.6 Å².